The molecule has 0 unspecified atom stereocenters. The maximum absolute atomic E-state index is 12.6. The molecule has 8 heteroatoms. The summed E-state index contributed by atoms with van der Waals surface area (Å²) in [4.78, 5) is 29.2. The predicted molar refractivity (Wildman–Crippen MR) is 132 cm³/mol. The molecule has 33 heavy (non-hydrogen) atoms. The van der Waals surface area contributed by atoms with Gasteiger partial charge >= 0.3 is 11.7 Å². The first kappa shape index (κ1) is 22.7. The lowest BCUT2D eigenvalue weighted by molar-refractivity contribution is 0.113. The lowest BCUT2D eigenvalue weighted by Gasteiger charge is -2.29. The van der Waals surface area contributed by atoms with Gasteiger partial charge in [0.25, 0.3) is 0 Å². The maximum Gasteiger partial charge on any atom is 0.360 e. The van der Waals surface area contributed by atoms with Crippen LogP contribution < -0.4 is 25.9 Å². The summed E-state index contributed by atoms with van der Waals surface area (Å²) in [5.41, 5.74) is 2.35. The third-order valence-corrected chi connectivity index (χ3v) is 5.95. The number of likely N-dealkylation sites (tertiary alicyclic amines) is 1. The monoisotopic (exact) mass is 450 g/mol. The van der Waals surface area contributed by atoms with E-state index in [0.717, 1.165) is 42.9 Å². The molecule has 2 N–H and O–H groups in total. The number of nitrogens with zero attached hydrogens (tertiary/aromatic N) is 2. The number of anilines is 3. The number of nitrogens with one attached hydrogen (secondary N) is 2. The Bertz CT molecular complexity index is 1200. The minimum absolute atomic E-state index is 0.0771. The molecule has 0 spiro atoms. The van der Waals surface area contributed by atoms with Crippen molar-refractivity contribution in [3.05, 3.63) is 58.4 Å². The van der Waals surface area contributed by atoms with Crippen LogP contribution in [0, 0.1) is 6.92 Å². The van der Waals surface area contributed by atoms with E-state index in [1.807, 2.05) is 50.2 Å². The average molecular weight is 451 g/mol. The van der Waals surface area contributed by atoms with E-state index in [1.54, 1.807) is 18.2 Å². The number of aryl methyl sites for hydroxylation is 1. The minimum atomic E-state index is -0.611. The van der Waals surface area contributed by atoms with Crippen molar-refractivity contribution in [1.29, 1.82) is 0 Å². The van der Waals surface area contributed by atoms with Crippen molar-refractivity contribution in [2.45, 2.75) is 25.9 Å². The quantitative estimate of drug-likeness (QED) is 0.564. The predicted octanol–water partition coefficient (Wildman–Crippen LogP) is 4.28. The number of hydrogen-bond donors (Lipinski definition) is 2. The first-order chi connectivity index (χ1) is 15.8. The van der Waals surface area contributed by atoms with Gasteiger partial charge in [-0.2, -0.15) is 0 Å². The van der Waals surface area contributed by atoms with Crippen LogP contribution in [0.15, 0.2) is 51.7 Å². The Morgan fingerprint density at radius 3 is 2.45 bits per heavy atom. The summed E-state index contributed by atoms with van der Waals surface area (Å²) in [6.45, 7) is 3.89. The molecular weight excluding hydrogens is 420 g/mol. The van der Waals surface area contributed by atoms with Crippen molar-refractivity contribution in [2.75, 3.05) is 49.8 Å². The van der Waals surface area contributed by atoms with Crippen molar-refractivity contribution in [3.63, 3.8) is 0 Å². The Morgan fingerprint density at radius 1 is 1.09 bits per heavy atom. The van der Waals surface area contributed by atoms with Crippen LogP contribution in [0.1, 0.15) is 18.4 Å². The van der Waals surface area contributed by atoms with Crippen molar-refractivity contribution in [2.24, 2.45) is 0 Å². The molecule has 0 aliphatic carbocycles. The summed E-state index contributed by atoms with van der Waals surface area (Å²) in [6.07, 6.45) is 2.09. The van der Waals surface area contributed by atoms with E-state index in [9.17, 15) is 9.59 Å². The van der Waals surface area contributed by atoms with Gasteiger partial charge in [-0.05, 0) is 69.3 Å². The number of benzene rings is 2. The lowest BCUT2D eigenvalue weighted by Crippen LogP contribution is -2.35. The second kappa shape index (κ2) is 9.54. The first-order valence-corrected chi connectivity index (χ1v) is 11.1. The topological polar surface area (TPSA) is 87.0 Å². The number of amides is 2. The molecule has 3 aromatic rings. The standard InChI is InChI=1S/C25H30N4O4/c1-16-22(32-20-11-13-29(4)14-12-20)10-5-17-15-21(24(30)33-23(16)17)27-25(31)26-18-6-8-19(9-7-18)28(2)3/h5-10,15,20H,11-14H2,1-4H3,(H2,26,27,31). The van der Waals surface area contributed by atoms with Crippen LogP contribution in [0.4, 0.5) is 21.9 Å². The zero-order chi connectivity index (χ0) is 23.5. The maximum atomic E-state index is 12.6. The number of ether oxygens (including phenoxy) is 1. The van der Waals surface area contributed by atoms with Crippen LogP contribution >= 0.6 is 0 Å². The van der Waals surface area contributed by atoms with Crippen LogP contribution in [-0.4, -0.2) is 51.3 Å². The number of rotatable bonds is 5. The van der Waals surface area contributed by atoms with Crippen LogP contribution in [-0.2, 0) is 0 Å². The molecule has 0 bridgehead atoms. The van der Waals surface area contributed by atoms with Gasteiger partial charge in [0.15, 0.2) is 0 Å². The molecule has 0 radical (unpaired) electrons. The van der Waals surface area contributed by atoms with Crippen molar-refractivity contribution < 1.29 is 13.9 Å². The summed E-state index contributed by atoms with van der Waals surface area (Å²) in [7, 11) is 6.00. The molecule has 1 aliphatic rings. The SMILES string of the molecule is Cc1c(OC2CCN(C)CC2)ccc2cc(NC(=O)Nc3ccc(N(C)C)cc3)c(=O)oc12. The highest BCUT2D eigenvalue weighted by molar-refractivity contribution is 6.00. The van der Waals surface area contributed by atoms with E-state index in [2.05, 4.69) is 22.6 Å². The molecule has 174 valence electrons. The van der Waals surface area contributed by atoms with Crippen LogP contribution in [0.5, 0.6) is 5.75 Å². The van der Waals surface area contributed by atoms with E-state index >= 15 is 0 Å². The molecule has 1 aromatic heterocycles. The lowest BCUT2D eigenvalue weighted by atomic mass is 10.1. The molecule has 1 saturated heterocycles. The van der Waals surface area contributed by atoms with Crippen LogP contribution in [0.25, 0.3) is 11.0 Å². The van der Waals surface area contributed by atoms with Crippen molar-refractivity contribution >= 4 is 34.1 Å². The third-order valence-electron chi connectivity index (χ3n) is 5.95. The van der Waals surface area contributed by atoms with E-state index in [1.165, 1.54) is 0 Å². The Balaban J connectivity index is 1.48. The molecule has 4 rings (SSSR count). The number of piperidine rings is 1. The molecule has 2 aromatic carbocycles. The van der Waals surface area contributed by atoms with Gasteiger partial charge < -0.3 is 29.6 Å². The molecule has 2 heterocycles. The highest BCUT2D eigenvalue weighted by atomic mass is 16.5. The Hall–Kier alpha value is -3.52. The normalized spacial score (nSPS) is 14.8. The van der Waals surface area contributed by atoms with E-state index < -0.39 is 11.7 Å². The second-order valence-electron chi connectivity index (χ2n) is 8.70. The molecule has 8 nitrogen and oxygen atoms in total. The first-order valence-electron chi connectivity index (χ1n) is 11.1. The zero-order valence-electron chi connectivity index (χ0n) is 19.5. The summed E-state index contributed by atoms with van der Waals surface area (Å²) in [5.74, 6) is 0.722. The third kappa shape index (κ3) is 5.28. The number of carbonyl (C=O) groups excluding carboxylic acids is 1. The molecule has 1 aliphatic heterocycles. The largest absolute Gasteiger partial charge is 0.490 e. The van der Waals surface area contributed by atoms with Gasteiger partial charge in [-0.25, -0.2) is 9.59 Å². The highest BCUT2D eigenvalue weighted by Crippen LogP contribution is 2.30. The van der Waals surface area contributed by atoms with Gasteiger partial charge in [0.2, 0.25) is 0 Å². The molecule has 0 saturated carbocycles. The van der Waals surface area contributed by atoms with E-state index in [0.29, 0.717) is 16.7 Å². The van der Waals surface area contributed by atoms with Gasteiger partial charge in [0.1, 0.15) is 23.1 Å². The average Bonchev–Trinajstić information content (AvgIpc) is 2.78. The Morgan fingerprint density at radius 2 is 1.79 bits per heavy atom. The van der Waals surface area contributed by atoms with Gasteiger partial charge in [-0.15, -0.1) is 0 Å². The summed E-state index contributed by atoms with van der Waals surface area (Å²) >= 11 is 0. The molecule has 0 atom stereocenters. The second-order valence-corrected chi connectivity index (χ2v) is 8.70. The van der Waals surface area contributed by atoms with Crippen molar-refractivity contribution in [1.82, 2.24) is 4.90 Å². The fourth-order valence-electron chi connectivity index (χ4n) is 3.93. The zero-order valence-corrected chi connectivity index (χ0v) is 19.5. The molecule has 1 fully saturated rings. The minimum Gasteiger partial charge on any atom is -0.490 e. The smallest absolute Gasteiger partial charge is 0.360 e. The van der Waals surface area contributed by atoms with Gasteiger partial charge in [0, 0.05) is 49.5 Å². The number of carbonyl (C=O) groups is 1. The summed E-state index contributed by atoms with van der Waals surface area (Å²) in [6, 6.07) is 12.2. The molecule has 2 amide bonds. The van der Waals surface area contributed by atoms with Gasteiger partial charge in [-0.1, -0.05) is 0 Å². The van der Waals surface area contributed by atoms with E-state index in [-0.39, 0.29) is 11.8 Å². The highest BCUT2D eigenvalue weighted by Gasteiger charge is 2.20. The Kier molecular flexibility index (Phi) is 6.55. The van der Waals surface area contributed by atoms with Gasteiger partial charge in [0.05, 0.1) is 0 Å². The molecular formula is C25H30N4O4. The summed E-state index contributed by atoms with van der Waals surface area (Å²) in [5, 5.41) is 6.03. The summed E-state index contributed by atoms with van der Waals surface area (Å²) < 4.78 is 11.8. The van der Waals surface area contributed by atoms with Crippen LogP contribution in [0.3, 0.4) is 0 Å². The Labute approximate surface area is 193 Å². The fourth-order valence-corrected chi connectivity index (χ4v) is 3.93. The van der Waals surface area contributed by atoms with Crippen molar-refractivity contribution in [3.8, 4) is 5.75 Å². The van der Waals surface area contributed by atoms with Gasteiger partial charge in [-0.3, -0.25) is 0 Å². The number of fused-ring (bicyclic) bond motifs is 1. The fraction of sp³-hybridized carbons (Fsp3) is 0.360. The number of hydrogen-bond acceptors (Lipinski definition) is 6. The van der Waals surface area contributed by atoms with E-state index in [4.69, 9.17) is 9.15 Å². The number of urea groups is 1. The van der Waals surface area contributed by atoms with Crippen LogP contribution in [0.2, 0.25) is 0 Å².